The van der Waals surface area contributed by atoms with Gasteiger partial charge >= 0.3 is 0 Å². The molecule has 1 aliphatic rings. The van der Waals surface area contributed by atoms with Crippen LogP contribution in [0.5, 0.6) is 5.75 Å². The summed E-state index contributed by atoms with van der Waals surface area (Å²) >= 11 is 6.51. The first kappa shape index (κ1) is 28.5. The van der Waals surface area contributed by atoms with Crippen LogP contribution in [0.2, 0.25) is 5.02 Å². The maximum atomic E-state index is 12.5. The molecule has 0 atom stereocenters. The Bertz CT molecular complexity index is 1470. The second-order valence-electron chi connectivity index (χ2n) is 9.52. The molecule has 0 spiro atoms. The zero-order valence-electron chi connectivity index (χ0n) is 21.9. The first-order valence-electron chi connectivity index (χ1n) is 12.5. The molecule has 0 aliphatic carbocycles. The lowest BCUT2D eigenvalue weighted by atomic mass is 9.93. The molecule has 9 nitrogen and oxygen atoms in total. The van der Waals surface area contributed by atoms with Crippen LogP contribution in [-0.2, 0) is 20.4 Å². The molecule has 1 fully saturated rings. The van der Waals surface area contributed by atoms with Crippen molar-refractivity contribution in [3.63, 3.8) is 0 Å². The molecule has 1 aliphatic heterocycles. The van der Waals surface area contributed by atoms with Crippen molar-refractivity contribution < 1.29 is 22.7 Å². The monoisotopic (exact) mass is 570 g/mol. The summed E-state index contributed by atoms with van der Waals surface area (Å²) in [5.74, 6) is -0.604. The van der Waals surface area contributed by atoms with Crippen LogP contribution in [-0.4, -0.2) is 80.6 Å². The van der Waals surface area contributed by atoms with Crippen LogP contribution in [0.15, 0.2) is 54.7 Å². The second kappa shape index (κ2) is 12.1. The van der Waals surface area contributed by atoms with Crippen LogP contribution in [0.25, 0.3) is 22.4 Å². The number of sulfone groups is 1. The van der Waals surface area contributed by atoms with Gasteiger partial charge in [0.15, 0.2) is 9.84 Å². The molecule has 0 unspecified atom stereocenters. The van der Waals surface area contributed by atoms with Gasteiger partial charge in [0.05, 0.1) is 17.0 Å². The number of hydrogen-bond acceptors (Lipinski definition) is 7. The number of nitrogens with zero attached hydrogens (tertiary/aromatic N) is 3. The number of ether oxygens (including phenoxy) is 1. The topological polar surface area (TPSA) is 123 Å². The standard InChI is InChI=1S/C28H31ClN4O5S/c1-19(34)33-13-11-32(12-14-33)15-16-38-27-21(18-39(2,36)37)6-8-22(28(30)35)26(27)20-7-9-24(29)23(17-20)25-5-3-4-10-31-25/h3-10,17H,11-16,18H2,1-2H3,(H2,30,35). The molecule has 2 aromatic carbocycles. The van der Waals surface area contributed by atoms with E-state index in [1.807, 2.05) is 12.1 Å². The number of piperazine rings is 1. The molecular formula is C28H31ClN4O5S. The van der Waals surface area contributed by atoms with E-state index < -0.39 is 15.7 Å². The summed E-state index contributed by atoms with van der Waals surface area (Å²) in [5.41, 5.74) is 8.68. The van der Waals surface area contributed by atoms with Crippen LogP contribution < -0.4 is 10.5 Å². The van der Waals surface area contributed by atoms with E-state index in [1.54, 1.807) is 48.4 Å². The maximum Gasteiger partial charge on any atom is 0.249 e. The number of primary amides is 1. The molecule has 1 saturated heterocycles. The van der Waals surface area contributed by atoms with Crippen molar-refractivity contribution in [1.82, 2.24) is 14.8 Å². The third kappa shape index (κ3) is 7.14. The van der Waals surface area contributed by atoms with Gasteiger partial charge in [-0.2, -0.15) is 0 Å². The molecule has 2 N–H and O–H groups in total. The SMILES string of the molecule is CC(=O)N1CCN(CCOc2c(CS(C)(=O)=O)ccc(C(N)=O)c2-c2ccc(Cl)c(-c3ccccn3)c2)CC1. The van der Waals surface area contributed by atoms with Crippen LogP contribution in [0.4, 0.5) is 0 Å². The average Bonchev–Trinajstić information content (AvgIpc) is 2.89. The lowest BCUT2D eigenvalue weighted by Gasteiger charge is -2.34. The van der Waals surface area contributed by atoms with Crippen molar-refractivity contribution >= 4 is 33.3 Å². The van der Waals surface area contributed by atoms with Crippen molar-refractivity contribution in [3.8, 4) is 28.1 Å². The summed E-state index contributed by atoms with van der Waals surface area (Å²) < 4.78 is 30.9. The van der Waals surface area contributed by atoms with Crippen LogP contribution in [0.1, 0.15) is 22.8 Å². The van der Waals surface area contributed by atoms with Crippen LogP contribution in [0.3, 0.4) is 0 Å². The van der Waals surface area contributed by atoms with E-state index in [9.17, 15) is 18.0 Å². The third-order valence-electron chi connectivity index (χ3n) is 6.59. The van der Waals surface area contributed by atoms with Crippen molar-refractivity contribution in [1.29, 1.82) is 0 Å². The number of carbonyl (C=O) groups excluding carboxylic acids is 2. The Morgan fingerprint density at radius 2 is 1.82 bits per heavy atom. The lowest BCUT2D eigenvalue weighted by Crippen LogP contribution is -2.48. The Labute approximate surface area is 233 Å². The van der Waals surface area contributed by atoms with Gasteiger partial charge in [-0.1, -0.05) is 29.8 Å². The molecule has 2 amide bonds. The van der Waals surface area contributed by atoms with E-state index >= 15 is 0 Å². The Kier molecular flexibility index (Phi) is 8.89. The number of carbonyl (C=O) groups is 2. The zero-order chi connectivity index (χ0) is 28.2. The van der Waals surface area contributed by atoms with E-state index in [1.165, 1.54) is 6.07 Å². The van der Waals surface area contributed by atoms with Gasteiger partial charge in [0, 0.05) is 73.8 Å². The van der Waals surface area contributed by atoms with Gasteiger partial charge in [-0.05, 0) is 35.9 Å². The third-order valence-corrected chi connectivity index (χ3v) is 7.75. The van der Waals surface area contributed by atoms with Gasteiger partial charge in [0.25, 0.3) is 0 Å². The minimum atomic E-state index is -3.42. The summed E-state index contributed by atoms with van der Waals surface area (Å²) in [4.78, 5) is 32.5. The highest BCUT2D eigenvalue weighted by molar-refractivity contribution is 7.89. The predicted molar refractivity (Wildman–Crippen MR) is 151 cm³/mol. The van der Waals surface area contributed by atoms with Crippen LogP contribution in [0, 0.1) is 0 Å². The Morgan fingerprint density at radius 3 is 2.44 bits per heavy atom. The van der Waals surface area contributed by atoms with Gasteiger partial charge in [0.2, 0.25) is 11.8 Å². The van der Waals surface area contributed by atoms with E-state index in [4.69, 9.17) is 22.1 Å². The van der Waals surface area contributed by atoms with Crippen molar-refractivity contribution in [2.45, 2.75) is 12.7 Å². The number of rotatable bonds is 9. The number of pyridine rings is 1. The zero-order valence-corrected chi connectivity index (χ0v) is 23.5. The smallest absolute Gasteiger partial charge is 0.249 e. The fraction of sp³-hybridized carbons (Fsp3) is 0.321. The molecule has 39 heavy (non-hydrogen) atoms. The minimum Gasteiger partial charge on any atom is -0.491 e. The Balaban J connectivity index is 1.73. The number of amides is 2. The summed E-state index contributed by atoms with van der Waals surface area (Å²) in [5, 5.41) is 0.470. The number of aromatic nitrogens is 1. The van der Waals surface area contributed by atoms with Gasteiger partial charge < -0.3 is 15.4 Å². The number of halogens is 1. The molecule has 4 rings (SSSR count). The van der Waals surface area contributed by atoms with E-state index in [-0.39, 0.29) is 29.6 Å². The normalized spacial score (nSPS) is 14.3. The number of hydrogen-bond donors (Lipinski definition) is 1. The fourth-order valence-corrected chi connectivity index (χ4v) is 5.65. The molecule has 0 radical (unpaired) electrons. The molecule has 2 heterocycles. The van der Waals surface area contributed by atoms with Crippen molar-refractivity contribution in [2.24, 2.45) is 5.73 Å². The molecule has 0 bridgehead atoms. The summed E-state index contributed by atoms with van der Waals surface area (Å²) in [7, 11) is -3.42. The number of benzene rings is 2. The maximum absolute atomic E-state index is 12.5. The van der Waals surface area contributed by atoms with Crippen molar-refractivity contribution in [3.05, 3.63) is 70.9 Å². The average molecular weight is 571 g/mol. The molecule has 3 aromatic rings. The minimum absolute atomic E-state index is 0.0530. The van der Waals surface area contributed by atoms with Crippen molar-refractivity contribution in [2.75, 3.05) is 45.6 Å². The summed E-state index contributed by atoms with van der Waals surface area (Å²) in [6.45, 7) is 5.05. The highest BCUT2D eigenvalue weighted by atomic mass is 35.5. The van der Waals surface area contributed by atoms with Gasteiger partial charge in [-0.25, -0.2) is 8.42 Å². The Morgan fingerprint density at radius 1 is 1.08 bits per heavy atom. The van der Waals surface area contributed by atoms with E-state index in [0.29, 0.717) is 65.7 Å². The number of nitrogens with two attached hydrogens (primary N) is 1. The molecule has 1 aromatic heterocycles. The summed E-state index contributed by atoms with van der Waals surface area (Å²) in [6.07, 6.45) is 2.80. The fourth-order valence-electron chi connectivity index (χ4n) is 4.64. The first-order valence-corrected chi connectivity index (χ1v) is 14.9. The van der Waals surface area contributed by atoms with Gasteiger partial charge in [0.1, 0.15) is 12.4 Å². The van der Waals surface area contributed by atoms with E-state index in [2.05, 4.69) is 9.88 Å². The molecule has 0 saturated carbocycles. The largest absolute Gasteiger partial charge is 0.491 e. The summed E-state index contributed by atoms with van der Waals surface area (Å²) in [6, 6.07) is 13.8. The van der Waals surface area contributed by atoms with Crippen LogP contribution >= 0.6 is 11.6 Å². The predicted octanol–water partition coefficient (Wildman–Crippen LogP) is 3.26. The van der Waals surface area contributed by atoms with E-state index in [0.717, 1.165) is 6.26 Å². The highest BCUT2D eigenvalue weighted by Gasteiger charge is 2.24. The molecule has 11 heteroatoms. The first-order chi connectivity index (χ1) is 18.5. The van der Waals surface area contributed by atoms with Gasteiger partial charge in [-0.3, -0.25) is 19.5 Å². The quantitative estimate of drug-likeness (QED) is 0.419. The van der Waals surface area contributed by atoms with Gasteiger partial charge in [-0.15, -0.1) is 0 Å². The highest BCUT2D eigenvalue weighted by Crippen LogP contribution is 2.40. The second-order valence-corrected chi connectivity index (χ2v) is 12.1. The molecular weight excluding hydrogens is 540 g/mol. The lowest BCUT2D eigenvalue weighted by molar-refractivity contribution is -0.130. The Hall–Kier alpha value is -3.47. The molecule has 206 valence electrons.